The first-order valence-corrected chi connectivity index (χ1v) is 5.12. The van der Waals surface area contributed by atoms with Crippen LogP contribution in [0.3, 0.4) is 0 Å². The van der Waals surface area contributed by atoms with Crippen molar-refractivity contribution in [2.45, 2.75) is 13.0 Å². The summed E-state index contributed by atoms with van der Waals surface area (Å²) in [7, 11) is 0. The average Bonchev–Trinajstić information content (AvgIpc) is 2.20. The molecule has 94 valence electrons. The molecule has 6 heteroatoms. The first kappa shape index (κ1) is 17.2. The van der Waals surface area contributed by atoms with E-state index in [2.05, 4.69) is 0 Å². The molecule has 0 aliphatic carbocycles. The summed E-state index contributed by atoms with van der Waals surface area (Å²) in [6.07, 6.45) is 0. The molecular weight excluding hydrogens is 198 g/mol. The lowest BCUT2D eigenvalue weighted by Crippen LogP contribution is -2.32. The maximum absolute atomic E-state index is 8.48. The molecule has 0 aromatic rings. The van der Waals surface area contributed by atoms with Gasteiger partial charge >= 0.3 is 0 Å². The molecule has 7 N–H and O–H groups in total. The molecule has 0 amide bonds. The molecule has 0 heterocycles. The van der Waals surface area contributed by atoms with Gasteiger partial charge in [0.15, 0.2) is 0 Å². The van der Waals surface area contributed by atoms with Crippen LogP contribution >= 0.6 is 0 Å². The maximum Gasteiger partial charge on any atom is 0.0558 e. The third kappa shape index (κ3) is 16.4. The van der Waals surface area contributed by atoms with Crippen LogP contribution in [0.15, 0.2) is 0 Å². The Balaban J connectivity index is 0. The van der Waals surface area contributed by atoms with Crippen molar-refractivity contribution < 1.29 is 15.3 Å². The van der Waals surface area contributed by atoms with Crippen LogP contribution in [-0.4, -0.2) is 72.3 Å². The van der Waals surface area contributed by atoms with Crippen molar-refractivity contribution in [3.63, 3.8) is 0 Å². The van der Waals surface area contributed by atoms with Gasteiger partial charge in [0.1, 0.15) is 0 Å². The topological polar surface area (TPSA) is 116 Å². The van der Waals surface area contributed by atoms with Crippen LogP contribution in [0.5, 0.6) is 0 Å². The van der Waals surface area contributed by atoms with Gasteiger partial charge in [0, 0.05) is 32.2 Å². The largest absolute Gasteiger partial charge is 0.395 e. The Morgan fingerprint density at radius 3 is 1.40 bits per heavy atom. The second kappa shape index (κ2) is 13.8. The Hall–Kier alpha value is -0.240. The molecule has 0 bridgehead atoms. The van der Waals surface area contributed by atoms with Gasteiger partial charge in [-0.15, -0.1) is 0 Å². The molecular formula is C9H25N3O3. The monoisotopic (exact) mass is 223 g/mol. The smallest absolute Gasteiger partial charge is 0.0558 e. The summed E-state index contributed by atoms with van der Waals surface area (Å²) >= 11 is 0. The van der Waals surface area contributed by atoms with E-state index in [1.165, 1.54) is 0 Å². The molecule has 6 nitrogen and oxygen atoms in total. The zero-order valence-electron chi connectivity index (χ0n) is 9.47. The van der Waals surface area contributed by atoms with Gasteiger partial charge in [-0.05, 0) is 6.92 Å². The van der Waals surface area contributed by atoms with E-state index in [-0.39, 0.29) is 25.9 Å². The van der Waals surface area contributed by atoms with Crippen molar-refractivity contribution in [1.82, 2.24) is 4.90 Å². The molecule has 0 aromatic carbocycles. The second-order valence-electron chi connectivity index (χ2n) is 3.23. The summed E-state index contributed by atoms with van der Waals surface area (Å²) in [5.74, 6) is 0. The van der Waals surface area contributed by atoms with Gasteiger partial charge in [-0.1, -0.05) is 0 Å². The summed E-state index contributed by atoms with van der Waals surface area (Å²) in [5.41, 5.74) is 10.2. The minimum atomic E-state index is 0.0694. The van der Waals surface area contributed by atoms with Gasteiger partial charge in [0.2, 0.25) is 0 Å². The lowest BCUT2D eigenvalue weighted by Gasteiger charge is -2.17. The van der Waals surface area contributed by atoms with Crippen LogP contribution in [0, 0.1) is 0 Å². The minimum absolute atomic E-state index is 0.0694. The van der Waals surface area contributed by atoms with E-state index >= 15 is 0 Å². The van der Waals surface area contributed by atoms with Crippen LogP contribution in [0.1, 0.15) is 6.92 Å². The van der Waals surface area contributed by atoms with Gasteiger partial charge in [-0.3, -0.25) is 4.90 Å². The zero-order valence-corrected chi connectivity index (χ0v) is 9.47. The number of nitrogens with two attached hydrogens (primary N) is 2. The highest BCUT2D eigenvalue weighted by atomic mass is 16.3. The first-order chi connectivity index (χ1) is 7.12. The Kier molecular flexibility index (Phi) is 15.7. The second-order valence-corrected chi connectivity index (χ2v) is 3.23. The maximum atomic E-state index is 8.48. The summed E-state index contributed by atoms with van der Waals surface area (Å²) in [4.78, 5) is 1.79. The molecule has 0 saturated carbocycles. The van der Waals surface area contributed by atoms with E-state index < -0.39 is 0 Å². The number of hydrogen-bond acceptors (Lipinski definition) is 6. The van der Waals surface area contributed by atoms with Gasteiger partial charge in [-0.2, -0.15) is 0 Å². The first-order valence-electron chi connectivity index (χ1n) is 5.12. The van der Waals surface area contributed by atoms with Gasteiger partial charge in [0.25, 0.3) is 0 Å². The molecule has 1 atom stereocenters. The zero-order chi connectivity index (χ0) is 12.1. The fourth-order valence-electron chi connectivity index (χ4n) is 0.760. The predicted octanol–water partition coefficient (Wildman–Crippen LogP) is -2.44. The van der Waals surface area contributed by atoms with E-state index in [9.17, 15) is 0 Å². The standard InChI is InChI=1S/C6H15NO3.C3H10N2/c8-4-1-7(2-5-9)3-6-10;1-3(5)2-4/h8-10H,1-6H2;3H,2,4-5H2,1H3. The Morgan fingerprint density at radius 2 is 1.27 bits per heavy atom. The van der Waals surface area contributed by atoms with Crippen molar-refractivity contribution in [1.29, 1.82) is 0 Å². The molecule has 0 aliphatic rings. The lowest BCUT2D eigenvalue weighted by atomic mass is 10.4. The van der Waals surface area contributed by atoms with Crippen LogP contribution in [0.2, 0.25) is 0 Å². The SMILES string of the molecule is CC(N)CN.OCCN(CCO)CCO. The molecule has 0 aromatic heterocycles. The Bertz CT molecular complexity index is 101. The van der Waals surface area contributed by atoms with Crippen LogP contribution < -0.4 is 11.5 Å². The summed E-state index contributed by atoms with van der Waals surface area (Å²) in [5, 5.41) is 25.5. The van der Waals surface area contributed by atoms with Crippen molar-refractivity contribution in [3.05, 3.63) is 0 Å². The van der Waals surface area contributed by atoms with E-state index in [1.807, 2.05) is 6.92 Å². The molecule has 15 heavy (non-hydrogen) atoms. The quantitative estimate of drug-likeness (QED) is 0.327. The van der Waals surface area contributed by atoms with E-state index in [0.717, 1.165) is 0 Å². The van der Waals surface area contributed by atoms with Crippen molar-refractivity contribution in [2.24, 2.45) is 11.5 Å². The highest BCUT2D eigenvalue weighted by molar-refractivity contribution is 4.54. The van der Waals surface area contributed by atoms with E-state index in [0.29, 0.717) is 26.2 Å². The van der Waals surface area contributed by atoms with Crippen LogP contribution in [0.25, 0.3) is 0 Å². The van der Waals surface area contributed by atoms with Gasteiger partial charge in [0.05, 0.1) is 19.8 Å². The minimum Gasteiger partial charge on any atom is -0.395 e. The Morgan fingerprint density at radius 1 is 1.00 bits per heavy atom. The van der Waals surface area contributed by atoms with Gasteiger partial charge in [-0.25, -0.2) is 0 Å². The van der Waals surface area contributed by atoms with E-state index in [4.69, 9.17) is 26.8 Å². The number of nitrogens with zero attached hydrogens (tertiary/aromatic N) is 1. The molecule has 0 fully saturated rings. The summed E-state index contributed by atoms with van der Waals surface area (Å²) < 4.78 is 0. The summed E-state index contributed by atoms with van der Waals surface area (Å²) in [6, 6.07) is 0.162. The average molecular weight is 223 g/mol. The van der Waals surface area contributed by atoms with E-state index in [1.54, 1.807) is 4.90 Å². The molecule has 1 unspecified atom stereocenters. The fraction of sp³-hybridized carbons (Fsp3) is 1.00. The number of aliphatic hydroxyl groups is 3. The fourth-order valence-corrected chi connectivity index (χ4v) is 0.760. The molecule has 0 saturated heterocycles. The lowest BCUT2D eigenvalue weighted by molar-refractivity contribution is 0.136. The van der Waals surface area contributed by atoms with Crippen LogP contribution in [-0.2, 0) is 0 Å². The third-order valence-electron chi connectivity index (χ3n) is 1.62. The molecule has 0 rings (SSSR count). The number of hydrogen-bond donors (Lipinski definition) is 5. The van der Waals surface area contributed by atoms with Crippen molar-refractivity contribution in [3.8, 4) is 0 Å². The molecule has 0 radical (unpaired) electrons. The Labute approximate surface area is 91.5 Å². The highest BCUT2D eigenvalue weighted by Crippen LogP contribution is 1.84. The molecule has 0 aliphatic heterocycles. The van der Waals surface area contributed by atoms with Crippen molar-refractivity contribution in [2.75, 3.05) is 46.0 Å². The summed E-state index contributed by atoms with van der Waals surface area (Å²) in [6.45, 7) is 4.21. The normalized spacial score (nSPS) is 12.2. The number of aliphatic hydroxyl groups excluding tert-OH is 3. The van der Waals surface area contributed by atoms with Crippen LogP contribution in [0.4, 0.5) is 0 Å². The van der Waals surface area contributed by atoms with Crippen molar-refractivity contribution >= 4 is 0 Å². The van der Waals surface area contributed by atoms with Gasteiger partial charge < -0.3 is 26.8 Å². The third-order valence-corrected chi connectivity index (χ3v) is 1.62. The predicted molar refractivity (Wildman–Crippen MR) is 60.4 cm³/mol. The number of rotatable bonds is 7. The highest BCUT2D eigenvalue weighted by Gasteiger charge is 2.00. The molecule has 0 spiro atoms.